The molecule has 1 heterocycles. The highest BCUT2D eigenvalue weighted by Gasteiger charge is 2.34. The highest BCUT2D eigenvalue weighted by Crippen LogP contribution is 2.24. The van der Waals surface area contributed by atoms with E-state index in [1.54, 1.807) is 30.3 Å². The molecular weight excluding hydrogens is 378 g/mol. The monoisotopic (exact) mass is 393 g/mol. The van der Waals surface area contributed by atoms with Gasteiger partial charge in [0.2, 0.25) is 0 Å². The fraction of sp³-hybridized carbons (Fsp3) is 0.0500. The van der Waals surface area contributed by atoms with Crippen LogP contribution in [-0.2, 0) is 9.59 Å². The standard InChI is InChI=1S/C20H15N3O4S/c1-13-7-2-4-11-16(13)22-19(25)15(18(24)21-20(22)28)10-6-9-14-8-3-5-12-17(14)23(26)27/h2-12H,1H3,(H,21,24,28)/b9-6+,15-10+. The van der Waals surface area contributed by atoms with Gasteiger partial charge in [0.15, 0.2) is 5.11 Å². The number of carbonyl (C=O) groups is 2. The predicted molar refractivity (Wildman–Crippen MR) is 110 cm³/mol. The zero-order valence-electron chi connectivity index (χ0n) is 14.8. The number of nitro groups is 1. The van der Waals surface area contributed by atoms with E-state index in [4.69, 9.17) is 12.2 Å². The number of amides is 2. The zero-order chi connectivity index (χ0) is 20.3. The van der Waals surface area contributed by atoms with E-state index >= 15 is 0 Å². The third-order valence-corrected chi connectivity index (χ3v) is 4.41. The smallest absolute Gasteiger partial charge is 0.276 e. The van der Waals surface area contributed by atoms with Gasteiger partial charge in [0.25, 0.3) is 17.5 Å². The number of nitrogens with zero attached hydrogens (tertiary/aromatic N) is 2. The summed E-state index contributed by atoms with van der Waals surface area (Å²) in [4.78, 5) is 37.0. The van der Waals surface area contributed by atoms with Crippen LogP contribution in [0.1, 0.15) is 11.1 Å². The number of hydrogen-bond acceptors (Lipinski definition) is 5. The van der Waals surface area contributed by atoms with E-state index in [2.05, 4.69) is 5.32 Å². The van der Waals surface area contributed by atoms with E-state index in [9.17, 15) is 19.7 Å². The van der Waals surface area contributed by atoms with Crippen molar-refractivity contribution in [2.75, 3.05) is 4.90 Å². The van der Waals surface area contributed by atoms with Crippen molar-refractivity contribution in [2.24, 2.45) is 0 Å². The maximum atomic E-state index is 12.9. The van der Waals surface area contributed by atoms with E-state index in [0.717, 1.165) is 5.56 Å². The summed E-state index contributed by atoms with van der Waals surface area (Å²) in [6.45, 7) is 1.83. The number of aryl methyl sites for hydroxylation is 1. The summed E-state index contributed by atoms with van der Waals surface area (Å²) >= 11 is 5.16. The van der Waals surface area contributed by atoms with Gasteiger partial charge in [-0.25, -0.2) is 0 Å². The van der Waals surface area contributed by atoms with Gasteiger partial charge < -0.3 is 0 Å². The van der Waals surface area contributed by atoms with Crippen molar-refractivity contribution in [3.8, 4) is 0 Å². The molecule has 2 aromatic carbocycles. The molecule has 0 aromatic heterocycles. The highest BCUT2D eigenvalue weighted by molar-refractivity contribution is 7.80. The lowest BCUT2D eigenvalue weighted by atomic mass is 10.1. The van der Waals surface area contributed by atoms with Crippen LogP contribution in [0.3, 0.4) is 0 Å². The summed E-state index contributed by atoms with van der Waals surface area (Å²) in [5.74, 6) is -1.18. The quantitative estimate of drug-likeness (QED) is 0.283. The van der Waals surface area contributed by atoms with Gasteiger partial charge >= 0.3 is 0 Å². The molecule has 0 aliphatic carbocycles. The van der Waals surface area contributed by atoms with Crippen molar-refractivity contribution < 1.29 is 14.5 Å². The van der Waals surface area contributed by atoms with Crippen LogP contribution in [0.5, 0.6) is 0 Å². The van der Waals surface area contributed by atoms with Gasteiger partial charge in [-0.2, -0.15) is 0 Å². The largest absolute Gasteiger partial charge is 0.298 e. The molecule has 0 radical (unpaired) electrons. The summed E-state index contributed by atoms with van der Waals surface area (Å²) in [5.41, 5.74) is 1.57. The lowest BCUT2D eigenvalue weighted by Crippen LogP contribution is -2.54. The lowest BCUT2D eigenvalue weighted by molar-refractivity contribution is -0.385. The Morgan fingerprint density at radius 3 is 2.50 bits per heavy atom. The Kier molecular flexibility index (Phi) is 5.42. The minimum Gasteiger partial charge on any atom is -0.298 e. The number of thiocarbonyl (C=S) groups is 1. The molecule has 8 heteroatoms. The highest BCUT2D eigenvalue weighted by atomic mass is 32.1. The lowest BCUT2D eigenvalue weighted by Gasteiger charge is -2.29. The maximum Gasteiger partial charge on any atom is 0.276 e. The van der Waals surface area contributed by atoms with Crippen molar-refractivity contribution in [3.05, 3.63) is 87.5 Å². The summed E-state index contributed by atoms with van der Waals surface area (Å²) in [6, 6.07) is 13.4. The molecule has 140 valence electrons. The second kappa shape index (κ2) is 7.93. The molecule has 0 bridgehead atoms. The molecule has 2 amide bonds. The van der Waals surface area contributed by atoms with Crippen LogP contribution < -0.4 is 10.2 Å². The van der Waals surface area contributed by atoms with Crippen LogP contribution >= 0.6 is 12.2 Å². The first-order chi connectivity index (χ1) is 13.4. The summed E-state index contributed by atoms with van der Waals surface area (Å²) in [6.07, 6.45) is 4.22. The Balaban J connectivity index is 1.94. The topological polar surface area (TPSA) is 92.6 Å². The number of benzene rings is 2. The number of carbonyl (C=O) groups excluding carboxylic acids is 2. The number of hydrogen-bond donors (Lipinski definition) is 1. The molecule has 1 aliphatic heterocycles. The number of rotatable bonds is 4. The summed E-state index contributed by atoms with van der Waals surface area (Å²) < 4.78 is 0. The van der Waals surface area contributed by atoms with Crippen LogP contribution in [-0.4, -0.2) is 21.9 Å². The summed E-state index contributed by atoms with van der Waals surface area (Å²) in [7, 11) is 0. The number of anilines is 1. The van der Waals surface area contributed by atoms with Crippen molar-refractivity contribution in [2.45, 2.75) is 6.92 Å². The molecule has 0 spiro atoms. The van der Waals surface area contributed by atoms with E-state index < -0.39 is 16.7 Å². The molecule has 0 saturated carbocycles. The fourth-order valence-electron chi connectivity index (χ4n) is 2.75. The fourth-order valence-corrected chi connectivity index (χ4v) is 3.03. The van der Waals surface area contributed by atoms with Crippen molar-refractivity contribution in [1.82, 2.24) is 5.32 Å². The molecule has 0 unspecified atom stereocenters. The third-order valence-electron chi connectivity index (χ3n) is 4.13. The second-order valence-corrected chi connectivity index (χ2v) is 6.33. The Morgan fingerprint density at radius 2 is 1.79 bits per heavy atom. The van der Waals surface area contributed by atoms with Gasteiger partial charge in [0, 0.05) is 6.07 Å². The Labute approximate surface area is 166 Å². The van der Waals surface area contributed by atoms with Crippen LogP contribution in [0.4, 0.5) is 11.4 Å². The van der Waals surface area contributed by atoms with Crippen LogP contribution in [0.2, 0.25) is 0 Å². The predicted octanol–water partition coefficient (Wildman–Crippen LogP) is 3.29. The van der Waals surface area contributed by atoms with Gasteiger partial charge in [0.1, 0.15) is 5.57 Å². The van der Waals surface area contributed by atoms with Crippen molar-refractivity contribution in [1.29, 1.82) is 0 Å². The van der Waals surface area contributed by atoms with Gasteiger partial charge in [-0.1, -0.05) is 36.4 Å². The second-order valence-electron chi connectivity index (χ2n) is 5.94. The average molecular weight is 393 g/mol. The van der Waals surface area contributed by atoms with Gasteiger partial charge in [-0.05, 0) is 49.0 Å². The average Bonchev–Trinajstić information content (AvgIpc) is 2.66. The van der Waals surface area contributed by atoms with Gasteiger partial charge in [-0.15, -0.1) is 0 Å². The minimum atomic E-state index is -0.618. The van der Waals surface area contributed by atoms with Crippen molar-refractivity contribution >= 4 is 46.6 Å². The van der Waals surface area contributed by atoms with E-state index in [-0.39, 0.29) is 16.4 Å². The number of nitrogens with one attached hydrogen (secondary N) is 1. The molecule has 3 rings (SSSR count). The molecule has 1 saturated heterocycles. The first kappa shape index (κ1) is 19.1. The molecule has 28 heavy (non-hydrogen) atoms. The van der Waals surface area contributed by atoms with Crippen LogP contribution in [0, 0.1) is 17.0 Å². The molecule has 7 nitrogen and oxygen atoms in total. The number of nitro benzene ring substituents is 1. The van der Waals surface area contributed by atoms with Crippen molar-refractivity contribution in [3.63, 3.8) is 0 Å². The molecule has 0 atom stereocenters. The molecule has 1 aliphatic rings. The molecule has 2 aromatic rings. The van der Waals surface area contributed by atoms with E-state index in [1.807, 2.05) is 19.1 Å². The zero-order valence-corrected chi connectivity index (χ0v) is 15.6. The first-order valence-electron chi connectivity index (χ1n) is 8.27. The van der Waals surface area contributed by atoms with Gasteiger partial charge in [0.05, 0.1) is 16.2 Å². The minimum absolute atomic E-state index is 0.00382. The first-order valence-corrected chi connectivity index (χ1v) is 8.68. The van der Waals surface area contributed by atoms with Gasteiger partial charge in [-0.3, -0.25) is 29.9 Å². The SMILES string of the molecule is Cc1ccccc1N1C(=O)/C(=C/C=C/c2ccccc2[N+](=O)[O-])C(=O)NC1=S. The molecule has 1 fully saturated rings. The van der Waals surface area contributed by atoms with E-state index in [1.165, 1.54) is 29.2 Å². The Morgan fingerprint density at radius 1 is 1.11 bits per heavy atom. The Bertz CT molecular complexity index is 1060. The molecular formula is C20H15N3O4S. The Hall–Kier alpha value is -3.65. The van der Waals surface area contributed by atoms with Crippen LogP contribution in [0.15, 0.2) is 66.3 Å². The van der Waals surface area contributed by atoms with Crippen LogP contribution in [0.25, 0.3) is 6.08 Å². The number of allylic oxidation sites excluding steroid dienone is 2. The molecule has 1 N–H and O–H groups in total. The number of para-hydroxylation sites is 2. The maximum absolute atomic E-state index is 12.9. The van der Waals surface area contributed by atoms with E-state index in [0.29, 0.717) is 11.3 Å². The summed E-state index contributed by atoms with van der Waals surface area (Å²) in [5, 5.41) is 13.6. The third kappa shape index (κ3) is 3.72. The normalized spacial score (nSPS) is 16.0.